The fourth-order valence-corrected chi connectivity index (χ4v) is 3.22. The molecule has 7 heteroatoms. The SMILES string of the molecule is CNC(=O)CS(=O)(=O)Cc1cccc(N)c1Br. The van der Waals surface area contributed by atoms with Crippen LogP contribution in [-0.2, 0) is 20.4 Å². The Hall–Kier alpha value is -1.08. The van der Waals surface area contributed by atoms with E-state index in [1.165, 1.54) is 7.05 Å². The lowest BCUT2D eigenvalue weighted by molar-refractivity contribution is -0.118. The van der Waals surface area contributed by atoms with Crippen molar-refractivity contribution in [2.75, 3.05) is 18.5 Å². The second kappa shape index (κ2) is 5.50. The Morgan fingerprint density at radius 1 is 1.47 bits per heavy atom. The van der Waals surface area contributed by atoms with Crippen LogP contribution in [0.3, 0.4) is 0 Å². The Morgan fingerprint density at radius 3 is 2.71 bits per heavy atom. The first-order valence-electron chi connectivity index (χ1n) is 4.79. The lowest BCUT2D eigenvalue weighted by Gasteiger charge is -2.07. The quantitative estimate of drug-likeness (QED) is 0.799. The van der Waals surface area contributed by atoms with Gasteiger partial charge in [-0.05, 0) is 27.6 Å². The molecule has 0 aliphatic carbocycles. The van der Waals surface area contributed by atoms with Crippen LogP contribution in [0.4, 0.5) is 5.69 Å². The predicted molar refractivity (Wildman–Crippen MR) is 70.1 cm³/mol. The fraction of sp³-hybridized carbons (Fsp3) is 0.300. The summed E-state index contributed by atoms with van der Waals surface area (Å²) in [6.45, 7) is 0. The molecule has 0 radical (unpaired) electrons. The zero-order valence-electron chi connectivity index (χ0n) is 9.23. The second-order valence-electron chi connectivity index (χ2n) is 3.53. The number of halogens is 1. The molecule has 0 spiro atoms. The molecule has 0 saturated heterocycles. The van der Waals surface area contributed by atoms with E-state index in [1.54, 1.807) is 18.2 Å². The van der Waals surface area contributed by atoms with Crippen LogP contribution in [0, 0.1) is 0 Å². The van der Waals surface area contributed by atoms with E-state index in [1.807, 2.05) is 0 Å². The lowest BCUT2D eigenvalue weighted by atomic mass is 10.2. The molecule has 3 N–H and O–H groups in total. The number of hydrogen-bond acceptors (Lipinski definition) is 4. The van der Waals surface area contributed by atoms with Crippen molar-refractivity contribution in [2.24, 2.45) is 0 Å². The highest BCUT2D eigenvalue weighted by Crippen LogP contribution is 2.25. The number of rotatable bonds is 4. The third kappa shape index (κ3) is 4.01. The van der Waals surface area contributed by atoms with E-state index in [2.05, 4.69) is 21.2 Å². The summed E-state index contributed by atoms with van der Waals surface area (Å²) in [6.07, 6.45) is 0. The van der Waals surface area contributed by atoms with Crippen molar-refractivity contribution in [3.8, 4) is 0 Å². The minimum absolute atomic E-state index is 0.216. The van der Waals surface area contributed by atoms with Crippen LogP contribution in [-0.4, -0.2) is 27.1 Å². The number of hydrogen-bond donors (Lipinski definition) is 2. The summed E-state index contributed by atoms with van der Waals surface area (Å²) in [6, 6.07) is 4.99. The standard InChI is InChI=1S/C10H13BrN2O3S/c1-13-9(14)6-17(15,16)5-7-3-2-4-8(12)10(7)11/h2-4H,5-6,12H2,1H3,(H,13,14). The Morgan fingerprint density at radius 2 is 2.12 bits per heavy atom. The number of nitrogens with one attached hydrogen (secondary N) is 1. The maximum absolute atomic E-state index is 11.7. The van der Waals surface area contributed by atoms with E-state index in [4.69, 9.17) is 5.73 Å². The van der Waals surface area contributed by atoms with Crippen molar-refractivity contribution < 1.29 is 13.2 Å². The summed E-state index contributed by atoms with van der Waals surface area (Å²) in [7, 11) is -2.09. The monoisotopic (exact) mass is 320 g/mol. The lowest BCUT2D eigenvalue weighted by Crippen LogP contribution is -2.27. The number of sulfone groups is 1. The van der Waals surface area contributed by atoms with Gasteiger partial charge in [-0.25, -0.2) is 8.42 Å². The van der Waals surface area contributed by atoms with E-state index in [-0.39, 0.29) is 5.75 Å². The molecule has 1 aromatic carbocycles. The summed E-state index contributed by atoms with van der Waals surface area (Å²) >= 11 is 3.23. The van der Waals surface area contributed by atoms with E-state index in [9.17, 15) is 13.2 Å². The predicted octanol–water partition coefficient (Wildman–Crippen LogP) is 0.692. The molecule has 17 heavy (non-hydrogen) atoms. The van der Waals surface area contributed by atoms with Crippen LogP contribution in [0.25, 0.3) is 0 Å². The zero-order chi connectivity index (χ0) is 13.1. The summed E-state index contributed by atoms with van der Waals surface area (Å²) in [5.41, 5.74) is 6.67. The summed E-state index contributed by atoms with van der Waals surface area (Å²) < 4.78 is 24.0. The van der Waals surface area contributed by atoms with Crippen molar-refractivity contribution in [3.05, 3.63) is 28.2 Å². The average molecular weight is 321 g/mol. The highest BCUT2D eigenvalue weighted by molar-refractivity contribution is 9.10. The molecule has 1 amide bonds. The largest absolute Gasteiger partial charge is 0.398 e. The second-order valence-corrected chi connectivity index (χ2v) is 6.38. The van der Waals surface area contributed by atoms with Crippen LogP contribution in [0.5, 0.6) is 0 Å². The minimum Gasteiger partial charge on any atom is -0.398 e. The van der Waals surface area contributed by atoms with Gasteiger partial charge in [0.1, 0.15) is 5.75 Å². The van der Waals surface area contributed by atoms with Gasteiger partial charge in [0.2, 0.25) is 5.91 Å². The van der Waals surface area contributed by atoms with Gasteiger partial charge in [0.05, 0.1) is 5.75 Å². The number of benzene rings is 1. The molecule has 0 heterocycles. The molecular formula is C10H13BrN2O3S. The van der Waals surface area contributed by atoms with Crippen molar-refractivity contribution in [3.63, 3.8) is 0 Å². The first-order chi connectivity index (χ1) is 7.85. The Labute approximate surface area is 108 Å². The Kier molecular flexibility index (Phi) is 4.53. The summed E-state index contributed by atoms with van der Waals surface area (Å²) in [5.74, 6) is -1.26. The van der Waals surface area contributed by atoms with Crippen LogP contribution < -0.4 is 11.1 Å². The van der Waals surface area contributed by atoms with Crippen LogP contribution in [0.1, 0.15) is 5.56 Å². The molecule has 0 saturated carbocycles. The van der Waals surface area contributed by atoms with Crippen molar-refractivity contribution >= 4 is 37.4 Å². The highest BCUT2D eigenvalue weighted by atomic mass is 79.9. The molecule has 0 aliphatic rings. The summed E-state index contributed by atoms with van der Waals surface area (Å²) in [5, 5.41) is 2.28. The third-order valence-electron chi connectivity index (χ3n) is 2.11. The molecule has 0 atom stereocenters. The number of nitrogen functional groups attached to an aromatic ring is 1. The van der Waals surface area contributed by atoms with E-state index >= 15 is 0 Å². The first kappa shape index (κ1) is 14.0. The highest BCUT2D eigenvalue weighted by Gasteiger charge is 2.18. The molecule has 1 aromatic rings. The van der Waals surface area contributed by atoms with E-state index < -0.39 is 21.5 Å². The van der Waals surface area contributed by atoms with Crippen LogP contribution in [0.15, 0.2) is 22.7 Å². The molecule has 0 aliphatic heterocycles. The Balaban J connectivity index is 2.91. The molecule has 1 rings (SSSR count). The van der Waals surface area contributed by atoms with Crippen molar-refractivity contribution in [1.29, 1.82) is 0 Å². The molecule has 0 bridgehead atoms. The molecule has 0 aromatic heterocycles. The third-order valence-corrected chi connectivity index (χ3v) is 4.53. The van der Waals surface area contributed by atoms with E-state index in [0.717, 1.165) is 0 Å². The molecule has 94 valence electrons. The average Bonchev–Trinajstić information content (AvgIpc) is 2.23. The number of amides is 1. The number of carbonyl (C=O) groups is 1. The van der Waals surface area contributed by atoms with Crippen molar-refractivity contribution in [1.82, 2.24) is 5.32 Å². The fourth-order valence-electron chi connectivity index (χ4n) is 1.27. The van der Waals surface area contributed by atoms with Crippen LogP contribution >= 0.6 is 15.9 Å². The van der Waals surface area contributed by atoms with Gasteiger partial charge in [0, 0.05) is 17.2 Å². The molecule has 0 unspecified atom stereocenters. The topological polar surface area (TPSA) is 89.3 Å². The van der Waals surface area contributed by atoms with Gasteiger partial charge < -0.3 is 11.1 Å². The van der Waals surface area contributed by atoms with Gasteiger partial charge >= 0.3 is 0 Å². The van der Waals surface area contributed by atoms with Crippen LogP contribution in [0.2, 0.25) is 0 Å². The number of carbonyl (C=O) groups excluding carboxylic acids is 1. The number of anilines is 1. The van der Waals surface area contributed by atoms with Gasteiger partial charge in [-0.2, -0.15) is 0 Å². The minimum atomic E-state index is -3.48. The zero-order valence-corrected chi connectivity index (χ0v) is 11.6. The maximum atomic E-state index is 11.7. The van der Waals surface area contributed by atoms with Crippen molar-refractivity contribution in [2.45, 2.75) is 5.75 Å². The summed E-state index contributed by atoms with van der Waals surface area (Å²) in [4.78, 5) is 11.0. The molecular weight excluding hydrogens is 308 g/mol. The first-order valence-corrected chi connectivity index (χ1v) is 7.41. The van der Waals surface area contributed by atoms with Gasteiger partial charge in [-0.1, -0.05) is 12.1 Å². The maximum Gasteiger partial charge on any atom is 0.234 e. The van der Waals surface area contributed by atoms with Gasteiger partial charge in [0.25, 0.3) is 0 Å². The molecule has 0 fully saturated rings. The molecule has 5 nitrogen and oxygen atoms in total. The van der Waals surface area contributed by atoms with E-state index in [0.29, 0.717) is 15.7 Å². The smallest absolute Gasteiger partial charge is 0.234 e. The number of nitrogens with two attached hydrogens (primary N) is 1. The normalized spacial score (nSPS) is 11.2. The Bertz CT molecular complexity index is 528. The van der Waals surface area contributed by atoms with Gasteiger partial charge in [-0.15, -0.1) is 0 Å². The van der Waals surface area contributed by atoms with Gasteiger partial charge in [0.15, 0.2) is 9.84 Å². The van der Waals surface area contributed by atoms with Gasteiger partial charge in [-0.3, -0.25) is 4.79 Å².